The summed E-state index contributed by atoms with van der Waals surface area (Å²) in [6, 6.07) is 6.27. The van der Waals surface area contributed by atoms with Crippen molar-refractivity contribution >= 4 is 33.3 Å². The normalized spacial score (nSPS) is 22.3. The van der Waals surface area contributed by atoms with E-state index in [0.29, 0.717) is 41.6 Å². The van der Waals surface area contributed by atoms with Gasteiger partial charge in [0.25, 0.3) is 5.91 Å². The first-order chi connectivity index (χ1) is 14.3. The van der Waals surface area contributed by atoms with Crippen LogP contribution < -0.4 is 16.2 Å². The quantitative estimate of drug-likeness (QED) is 0.320. The molecule has 2 aliphatic carbocycles. The van der Waals surface area contributed by atoms with Crippen molar-refractivity contribution in [2.75, 3.05) is 13.1 Å². The van der Waals surface area contributed by atoms with E-state index in [4.69, 9.17) is 12.2 Å². The highest BCUT2D eigenvalue weighted by Gasteiger charge is 2.35. The average molecular weight is 451 g/mol. The van der Waals surface area contributed by atoms with Crippen molar-refractivity contribution in [2.45, 2.75) is 50.5 Å². The van der Waals surface area contributed by atoms with E-state index in [2.05, 4.69) is 28.3 Å². The minimum absolute atomic E-state index is 0.190. The maximum absolute atomic E-state index is 12.8. The number of fused-ring (bicyclic) bond motifs is 2. The zero-order valence-electron chi connectivity index (χ0n) is 17.4. The molecule has 1 saturated carbocycles. The lowest BCUT2D eigenvalue weighted by Crippen LogP contribution is -2.50. The lowest BCUT2D eigenvalue weighted by molar-refractivity contribution is 0.0943. The van der Waals surface area contributed by atoms with Gasteiger partial charge in [0.1, 0.15) is 0 Å². The van der Waals surface area contributed by atoms with Crippen molar-refractivity contribution in [1.82, 2.24) is 20.5 Å². The molecule has 0 unspecified atom stereocenters. The molecule has 9 heteroatoms. The van der Waals surface area contributed by atoms with Crippen LogP contribution in [-0.4, -0.2) is 42.9 Å². The smallest absolute Gasteiger partial charge is 0.269 e. The molecular weight excluding hydrogens is 420 g/mol. The van der Waals surface area contributed by atoms with Gasteiger partial charge in [0.15, 0.2) is 5.11 Å². The van der Waals surface area contributed by atoms with E-state index in [0.717, 1.165) is 25.7 Å². The molecule has 0 saturated heterocycles. The molecule has 3 atom stereocenters. The standard InChI is InChI=1S/C21H30N4O3S2/c1-3-11-25(12-4-2)30(27,28)18-9-7-16(8-10-18)20(26)23-24-21(29)22-19-14-15-5-6-17(19)13-15/h5-10,15,17,19H,3-4,11-14H2,1-2H3,(H,23,26)(H2,22,24,29)/t15-,17+,19-/m1/s1. The fourth-order valence-corrected chi connectivity index (χ4v) is 5.94. The number of hydrogen-bond acceptors (Lipinski definition) is 4. The summed E-state index contributed by atoms with van der Waals surface area (Å²) in [5, 5.41) is 3.63. The summed E-state index contributed by atoms with van der Waals surface area (Å²) in [6.45, 7) is 4.86. The van der Waals surface area contributed by atoms with Crippen LogP contribution >= 0.6 is 12.2 Å². The van der Waals surface area contributed by atoms with Crippen LogP contribution in [0.5, 0.6) is 0 Å². The lowest BCUT2D eigenvalue weighted by atomic mass is 10.0. The molecule has 0 aliphatic heterocycles. The Balaban J connectivity index is 1.54. The monoisotopic (exact) mass is 450 g/mol. The maximum Gasteiger partial charge on any atom is 0.269 e. The molecule has 164 valence electrons. The van der Waals surface area contributed by atoms with Gasteiger partial charge in [0.2, 0.25) is 10.0 Å². The third-order valence-electron chi connectivity index (χ3n) is 5.59. The van der Waals surface area contributed by atoms with E-state index in [-0.39, 0.29) is 10.8 Å². The van der Waals surface area contributed by atoms with Crippen molar-refractivity contribution in [3.63, 3.8) is 0 Å². The summed E-state index contributed by atoms with van der Waals surface area (Å²) in [7, 11) is -3.56. The summed E-state index contributed by atoms with van der Waals surface area (Å²) in [5.41, 5.74) is 5.65. The molecule has 1 fully saturated rings. The number of sulfonamides is 1. The van der Waals surface area contributed by atoms with Gasteiger partial charge in [-0.1, -0.05) is 26.0 Å². The number of rotatable bonds is 8. The van der Waals surface area contributed by atoms with Crippen molar-refractivity contribution < 1.29 is 13.2 Å². The molecule has 7 nitrogen and oxygen atoms in total. The highest BCUT2D eigenvalue weighted by Crippen LogP contribution is 2.38. The predicted molar refractivity (Wildman–Crippen MR) is 121 cm³/mol. The van der Waals surface area contributed by atoms with Gasteiger partial charge in [-0.15, -0.1) is 0 Å². The van der Waals surface area contributed by atoms with E-state index in [1.54, 1.807) is 0 Å². The number of nitrogens with one attached hydrogen (secondary N) is 3. The SMILES string of the molecule is CCCN(CCC)S(=O)(=O)c1ccc(C(=O)NNC(=S)N[C@@H]2C[C@@H]3C=C[C@H]2C3)cc1. The number of nitrogens with zero attached hydrogens (tertiary/aromatic N) is 1. The first-order valence-electron chi connectivity index (χ1n) is 10.5. The number of carbonyl (C=O) groups excluding carboxylic acids is 1. The predicted octanol–water partition coefficient (Wildman–Crippen LogP) is 2.57. The Morgan fingerprint density at radius 1 is 1.07 bits per heavy atom. The molecule has 30 heavy (non-hydrogen) atoms. The Kier molecular flexibility index (Phi) is 7.49. The third-order valence-corrected chi connectivity index (χ3v) is 7.72. The minimum atomic E-state index is -3.56. The molecule has 2 bridgehead atoms. The van der Waals surface area contributed by atoms with Gasteiger partial charge in [0.05, 0.1) is 4.90 Å². The van der Waals surface area contributed by atoms with Gasteiger partial charge in [-0.05, 0) is 74.0 Å². The Morgan fingerprint density at radius 2 is 1.73 bits per heavy atom. The van der Waals surface area contributed by atoms with Crippen LogP contribution in [0.3, 0.4) is 0 Å². The molecular formula is C21H30N4O3S2. The second-order valence-corrected chi connectivity index (χ2v) is 10.2. The minimum Gasteiger partial charge on any atom is -0.358 e. The fraction of sp³-hybridized carbons (Fsp3) is 0.524. The van der Waals surface area contributed by atoms with Crippen molar-refractivity contribution in [3.05, 3.63) is 42.0 Å². The summed E-state index contributed by atoms with van der Waals surface area (Å²) < 4.78 is 27.1. The summed E-state index contributed by atoms with van der Waals surface area (Å²) in [4.78, 5) is 12.6. The molecule has 0 aromatic heterocycles. The summed E-state index contributed by atoms with van der Waals surface area (Å²) >= 11 is 5.28. The van der Waals surface area contributed by atoms with Crippen molar-refractivity contribution in [2.24, 2.45) is 11.8 Å². The lowest BCUT2D eigenvalue weighted by Gasteiger charge is -2.22. The van der Waals surface area contributed by atoms with E-state index in [1.807, 2.05) is 13.8 Å². The van der Waals surface area contributed by atoms with Gasteiger partial charge in [-0.2, -0.15) is 4.31 Å². The van der Waals surface area contributed by atoms with Crippen molar-refractivity contribution in [3.8, 4) is 0 Å². The topological polar surface area (TPSA) is 90.5 Å². The molecule has 0 heterocycles. The molecule has 1 aromatic rings. The zero-order valence-corrected chi connectivity index (χ0v) is 19.1. The van der Waals surface area contributed by atoms with Gasteiger partial charge in [0, 0.05) is 24.7 Å². The van der Waals surface area contributed by atoms with E-state index < -0.39 is 10.0 Å². The van der Waals surface area contributed by atoms with Gasteiger partial charge in [-0.25, -0.2) is 8.42 Å². The van der Waals surface area contributed by atoms with Gasteiger partial charge >= 0.3 is 0 Å². The van der Waals surface area contributed by atoms with Crippen LogP contribution in [0.25, 0.3) is 0 Å². The second-order valence-electron chi connectivity index (χ2n) is 7.87. The van der Waals surface area contributed by atoms with Crippen LogP contribution in [0.4, 0.5) is 0 Å². The van der Waals surface area contributed by atoms with Crippen LogP contribution in [0, 0.1) is 11.8 Å². The molecule has 0 spiro atoms. The van der Waals surface area contributed by atoms with Crippen LogP contribution in [0.2, 0.25) is 0 Å². The number of allylic oxidation sites excluding steroid dienone is 1. The molecule has 2 aliphatic rings. The number of benzene rings is 1. The molecule has 1 aromatic carbocycles. The zero-order chi connectivity index (χ0) is 21.7. The van der Waals surface area contributed by atoms with Gasteiger partial charge in [-0.3, -0.25) is 15.6 Å². The molecule has 1 amide bonds. The number of thiocarbonyl (C=S) groups is 1. The highest BCUT2D eigenvalue weighted by atomic mass is 32.2. The second kappa shape index (κ2) is 9.89. The molecule has 3 N–H and O–H groups in total. The van der Waals surface area contributed by atoms with Crippen molar-refractivity contribution in [1.29, 1.82) is 0 Å². The molecule has 3 rings (SSSR count). The fourth-order valence-electron chi connectivity index (χ4n) is 4.12. The first-order valence-corrected chi connectivity index (χ1v) is 12.3. The Bertz CT molecular complexity index is 893. The van der Waals surface area contributed by atoms with E-state index in [9.17, 15) is 13.2 Å². The number of hydrazine groups is 1. The Morgan fingerprint density at radius 3 is 2.27 bits per heavy atom. The number of amides is 1. The van der Waals surface area contributed by atoms with Crippen LogP contribution in [0.1, 0.15) is 49.9 Å². The van der Waals surface area contributed by atoms with Crippen LogP contribution in [-0.2, 0) is 10.0 Å². The Labute approximate surface area is 184 Å². The third kappa shape index (κ3) is 5.19. The summed E-state index contributed by atoms with van der Waals surface area (Å²) in [5.74, 6) is 0.750. The van der Waals surface area contributed by atoms with E-state index >= 15 is 0 Å². The largest absolute Gasteiger partial charge is 0.358 e. The Hall–Kier alpha value is -1.97. The summed E-state index contributed by atoms with van der Waals surface area (Å²) in [6.07, 6.45) is 8.20. The van der Waals surface area contributed by atoms with E-state index in [1.165, 1.54) is 28.6 Å². The number of hydrogen-bond donors (Lipinski definition) is 3. The first kappa shape index (κ1) is 22.7. The highest BCUT2D eigenvalue weighted by molar-refractivity contribution is 7.89. The number of carbonyl (C=O) groups is 1. The van der Waals surface area contributed by atoms with Crippen LogP contribution in [0.15, 0.2) is 41.3 Å². The average Bonchev–Trinajstić information content (AvgIpc) is 3.35. The molecule has 0 radical (unpaired) electrons. The van der Waals surface area contributed by atoms with Gasteiger partial charge < -0.3 is 5.32 Å². The maximum atomic E-state index is 12.8.